The first-order valence-electron chi connectivity index (χ1n) is 11.7. The molecule has 32 heavy (non-hydrogen) atoms. The summed E-state index contributed by atoms with van der Waals surface area (Å²) in [4.78, 5) is 18.5. The van der Waals surface area contributed by atoms with Gasteiger partial charge in [0.15, 0.2) is 9.84 Å². The van der Waals surface area contributed by atoms with Gasteiger partial charge in [-0.05, 0) is 78.7 Å². The highest BCUT2D eigenvalue weighted by Gasteiger charge is 2.60. The van der Waals surface area contributed by atoms with Crippen molar-refractivity contribution in [3.8, 4) is 5.75 Å². The molecule has 6 nitrogen and oxygen atoms in total. The average Bonchev–Trinajstić information content (AvgIpc) is 3.05. The second kappa shape index (κ2) is 7.32. The zero-order valence-corrected chi connectivity index (χ0v) is 20.2. The molecule has 7 atom stereocenters. The minimum Gasteiger partial charge on any atom is -0.406 e. The van der Waals surface area contributed by atoms with E-state index in [9.17, 15) is 13.2 Å². The van der Waals surface area contributed by atoms with Crippen molar-refractivity contribution in [3.05, 3.63) is 36.4 Å². The van der Waals surface area contributed by atoms with Crippen molar-refractivity contribution in [2.24, 2.45) is 34.5 Å². The SMILES string of the molecule is CC1C[C@H]2NC(=O)C=CC2(C)C2CCC3(C)CN(Oc4ccc(S(C)(=O)=O)cc4)CC3C12. The van der Waals surface area contributed by atoms with Crippen molar-refractivity contribution in [1.29, 1.82) is 0 Å². The van der Waals surface area contributed by atoms with Crippen LogP contribution in [0.5, 0.6) is 5.75 Å². The molecule has 0 radical (unpaired) electrons. The lowest BCUT2D eigenvalue weighted by molar-refractivity contribution is -0.124. The van der Waals surface area contributed by atoms with E-state index in [0.29, 0.717) is 34.3 Å². The lowest BCUT2D eigenvalue weighted by Crippen LogP contribution is -2.61. The largest absolute Gasteiger partial charge is 0.406 e. The van der Waals surface area contributed by atoms with E-state index in [1.54, 1.807) is 30.3 Å². The van der Waals surface area contributed by atoms with E-state index in [-0.39, 0.29) is 22.8 Å². The topological polar surface area (TPSA) is 75.7 Å². The molecule has 7 heteroatoms. The molecule has 0 spiro atoms. The summed E-state index contributed by atoms with van der Waals surface area (Å²) in [5, 5.41) is 5.33. The van der Waals surface area contributed by atoms with Crippen LogP contribution in [-0.2, 0) is 14.6 Å². The van der Waals surface area contributed by atoms with Gasteiger partial charge >= 0.3 is 0 Å². The van der Waals surface area contributed by atoms with Gasteiger partial charge in [0.05, 0.1) is 4.90 Å². The van der Waals surface area contributed by atoms with E-state index in [1.165, 1.54) is 12.7 Å². The third-order valence-corrected chi connectivity index (χ3v) is 10.1. The Kier molecular flexibility index (Phi) is 5.02. The number of hydrogen-bond donors (Lipinski definition) is 1. The Balaban J connectivity index is 1.37. The summed E-state index contributed by atoms with van der Waals surface area (Å²) in [6, 6.07) is 6.93. The molecule has 1 saturated heterocycles. The molecule has 2 saturated carbocycles. The van der Waals surface area contributed by atoms with Crippen LogP contribution in [0.4, 0.5) is 0 Å². The maximum atomic E-state index is 12.0. The van der Waals surface area contributed by atoms with Crippen LogP contribution in [0.3, 0.4) is 0 Å². The number of nitrogens with zero attached hydrogens (tertiary/aromatic N) is 1. The molecule has 1 aromatic rings. The number of nitrogens with one attached hydrogen (secondary N) is 1. The molecule has 1 amide bonds. The molecule has 2 aliphatic heterocycles. The molecule has 2 aliphatic carbocycles. The summed E-state index contributed by atoms with van der Waals surface area (Å²) >= 11 is 0. The first kappa shape index (κ1) is 22.0. The number of hydroxylamine groups is 2. The Hall–Kier alpha value is -1.86. The van der Waals surface area contributed by atoms with Crippen LogP contribution in [0.2, 0.25) is 0 Å². The zero-order valence-electron chi connectivity index (χ0n) is 19.4. The van der Waals surface area contributed by atoms with Gasteiger partial charge in [-0.3, -0.25) is 4.79 Å². The minimum atomic E-state index is -3.21. The highest BCUT2D eigenvalue weighted by molar-refractivity contribution is 7.90. The highest BCUT2D eigenvalue weighted by atomic mass is 32.2. The zero-order chi connectivity index (χ0) is 22.9. The second-order valence-electron chi connectivity index (χ2n) is 11.1. The standard InChI is InChI=1S/C25H34N2O4S/c1-16-13-21-25(3,12-10-22(28)26-21)19-9-11-24(2)15-27(14-20(24)23(16)19)31-17-5-7-18(8-6-17)32(4,29)30/h5-8,10,12,16,19-21,23H,9,11,13-15H2,1-4H3,(H,26,28)/t16?,19?,20?,21-,23?,24?,25?/m1/s1. The summed E-state index contributed by atoms with van der Waals surface area (Å²) in [6.45, 7) is 8.87. The van der Waals surface area contributed by atoms with E-state index in [0.717, 1.165) is 25.9 Å². The van der Waals surface area contributed by atoms with Crippen molar-refractivity contribution < 1.29 is 18.0 Å². The molecule has 5 rings (SSSR count). The summed E-state index contributed by atoms with van der Waals surface area (Å²) in [5.41, 5.74) is 0.217. The van der Waals surface area contributed by atoms with Crippen molar-refractivity contribution in [2.45, 2.75) is 51.0 Å². The Morgan fingerprint density at radius 1 is 1.16 bits per heavy atom. The van der Waals surface area contributed by atoms with Crippen LogP contribution in [0.15, 0.2) is 41.3 Å². The van der Waals surface area contributed by atoms with E-state index < -0.39 is 9.84 Å². The molecule has 2 heterocycles. The number of carbonyl (C=O) groups is 1. The molecule has 1 aromatic carbocycles. The number of sulfone groups is 1. The molecular formula is C25H34N2O4S. The predicted molar refractivity (Wildman–Crippen MR) is 123 cm³/mol. The molecule has 6 unspecified atom stereocenters. The van der Waals surface area contributed by atoms with Gasteiger partial charge in [0.2, 0.25) is 5.91 Å². The maximum Gasteiger partial charge on any atom is 0.243 e. The van der Waals surface area contributed by atoms with E-state index in [1.807, 2.05) is 0 Å². The fraction of sp³-hybridized carbons (Fsp3) is 0.640. The molecule has 0 bridgehead atoms. The van der Waals surface area contributed by atoms with E-state index in [4.69, 9.17) is 4.84 Å². The fourth-order valence-electron chi connectivity index (χ4n) is 7.29. The van der Waals surface area contributed by atoms with Crippen molar-refractivity contribution in [2.75, 3.05) is 19.3 Å². The van der Waals surface area contributed by atoms with Gasteiger partial charge in [0.25, 0.3) is 0 Å². The first-order chi connectivity index (χ1) is 15.0. The summed E-state index contributed by atoms with van der Waals surface area (Å²) in [5.74, 6) is 2.95. The van der Waals surface area contributed by atoms with E-state index in [2.05, 4.69) is 37.2 Å². The van der Waals surface area contributed by atoms with Gasteiger partial charge in [-0.2, -0.15) is 0 Å². The van der Waals surface area contributed by atoms with Gasteiger partial charge in [0.1, 0.15) is 5.75 Å². The molecular weight excluding hydrogens is 424 g/mol. The first-order valence-corrected chi connectivity index (χ1v) is 13.6. The van der Waals surface area contributed by atoms with Crippen LogP contribution >= 0.6 is 0 Å². The van der Waals surface area contributed by atoms with Crippen LogP contribution in [0.1, 0.15) is 40.0 Å². The van der Waals surface area contributed by atoms with Crippen LogP contribution < -0.4 is 10.2 Å². The van der Waals surface area contributed by atoms with Gasteiger partial charge in [-0.25, -0.2) is 8.42 Å². The third kappa shape index (κ3) is 3.48. The summed E-state index contributed by atoms with van der Waals surface area (Å²) in [6.07, 6.45) is 8.49. The Morgan fingerprint density at radius 3 is 2.56 bits per heavy atom. The monoisotopic (exact) mass is 458 g/mol. The van der Waals surface area contributed by atoms with Gasteiger partial charge in [-0.1, -0.05) is 26.8 Å². The quantitative estimate of drug-likeness (QED) is 0.751. The normalized spacial score (nSPS) is 41.4. The smallest absolute Gasteiger partial charge is 0.243 e. The lowest BCUT2D eigenvalue weighted by Gasteiger charge is -2.59. The Bertz CT molecular complexity index is 1050. The highest BCUT2D eigenvalue weighted by Crippen LogP contribution is 2.62. The van der Waals surface area contributed by atoms with Crippen LogP contribution in [0.25, 0.3) is 0 Å². The Morgan fingerprint density at radius 2 is 1.88 bits per heavy atom. The number of rotatable bonds is 3. The Labute approximate surface area is 191 Å². The van der Waals surface area contributed by atoms with Crippen molar-refractivity contribution in [1.82, 2.24) is 10.4 Å². The average molecular weight is 459 g/mol. The molecule has 3 fully saturated rings. The van der Waals surface area contributed by atoms with Crippen molar-refractivity contribution >= 4 is 15.7 Å². The van der Waals surface area contributed by atoms with Gasteiger partial charge in [0, 0.05) is 30.8 Å². The third-order valence-electron chi connectivity index (χ3n) is 9.00. The van der Waals surface area contributed by atoms with Gasteiger partial charge in [-0.15, -0.1) is 5.06 Å². The molecule has 1 N–H and O–H groups in total. The number of amides is 1. The van der Waals surface area contributed by atoms with Gasteiger partial charge < -0.3 is 10.2 Å². The summed E-state index contributed by atoms with van der Waals surface area (Å²) in [7, 11) is -3.21. The van der Waals surface area contributed by atoms with Crippen molar-refractivity contribution in [3.63, 3.8) is 0 Å². The lowest BCUT2D eigenvalue weighted by atomic mass is 9.46. The number of carbonyl (C=O) groups excluding carboxylic acids is 1. The molecule has 4 aliphatic rings. The molecule has 174 valence electrons. The summed E-state index contributed by atoms with van der Waals surface area (Å²) < 4.78 is 23.5. The predicted octanol–water partition coefficient (Wildman–Crippen LogP) is 3.45. The number of fused-ring (bicyclic) bond motifs is 5. The fourth-order valence-corrected chi connectivity index (χ4v) is 7.92. The van der Waals surface area contributed by atoms with E-state index >= 15 is 0 Å². The number of hydrogen-bond acceptors (Lipinski definition) is 5. The van der Waals surface area contributed by atoms with Crippen LogP contribution in [0, 0.1) is 34.5 Å². The molecule has 0 aromatic heterocycles. The van der Waals surface area contributed by atoms with Crippen LogP contribution in [-0.4, -0.2) is 44.8 Å². The maximum absolute atomic E-state index is 12.0. The second-order valence-corrected chi connectivity index (χ2v) is 13.1. The number of benzene rings is 1. The minimum absolute atomic E-state index is 0.0160.